The van der Waals surface area contributed by atoms with Crippen LogP contribution in [-0.4, -0.2) is 24.2 Å². The van der Waals surface area contributed by atoms with Crippen LogP contribution < -0.4 is 9.47 Å². The van der Waals surface area contributed by atoms with Gasteiger partial charge in [-0.15, -0.1) is 0 Å². The van der Waals surface area contributed by atoms with Gasteiger partial charge in [-0.3, -0.25) is 0 Å². The van der Waals surface area contributed by atoms with Crippen LogP contribution in [0.5, 0.6) is 11.5 Å². The second-order valence-electron chi connectivity index (χ2n) is 2.98. The first-order chi connectivity index (χ1) is 7.69. The molecule has 0 amide bonds. The molecule has 0 atom stereocenters. The number of ether oxygens (including phenoxy) is 2. The number of methoxy groups -OCH3 is 2. The molecular formula is C10H8Cl2N2O2. The van der Waals surface area contributed by atoms with E-state index in [4.69, 9.17) is 32.7 Å². The number of benzene rings is 1. The molecule has 0 unspecified atom stereocenters. The lowest BCUT2D eigenvalue weighted by atomic mass is 10.2. The Balaban J connectivity index is 2.91. The van der Waals surface area contributed by atoms with Crippen molar-refractivity contribution in [3.63, 3.8) is 0 Å². The number of rotatable bonds is 2. The van der Waals surface area contributed by atoms with Gasteiger partial charge in [-0.25, -0.2) is 9.97 Å². The van der Waals surface area contributed by atoms with Gasteiger partial charge in [0, 0.05) is 6.07 Å². The van der Waals surface area contributed by atoms with Crippen LogP contribution in [0.3, 0.4) is 0 Å². The quantitative estimate of drug-likeness (QED) is 0.778. The molecule has 4 nitrogen and oxygen atoms in total. The SMILES string of the molecule is COc1cc(OC)c2ncnc(Cl)c2c1Cl. The van der Waals surface area contributed by atoms with Gasteiger partial charge in [0.1, 0.15) is 28.5 Å². The molecule has 0 N–H and O–H groups in total. The zero-order valence-electron chi connectivity index (χ0n) is 8.62. The molecule has 0 saturated carbocycles. The number of halogens is 2. The summed E-state index contributed by atoms with van der Waals surface area (Å²) in [6.07, 6.45) is 1.36. The van der Waals surface area contributed by atoms with Crippen LogP contribution in [0.4, 0.5) is 0 Å². The smallest absolute Gasteiger partial charge is 0.149 e. The topological polar surface area (TPSA) is 44.2 Å². The van der Waals surface area contributed by atoms with Gasteiger partial charge in [0.05, 0.1) is 24.6 Å². The van der Waals surface area contributed by atoms with E-state index in [-0.39, 0.29) is 5.15 Å². The Labute approximate surface area is 102 Å². The fourth-order valence-corrected chi connectivity index (χ4v) is 2.01. The van der Waals surface area contributed by atoms with E-state index in [2.05, 4.69) is 9.97 Å². The Morgan fingerprint density at radius 1 is 1.06 bits per heavy atom. The van der Waals surface area contributed by atoms with Gasteiger partial charge in [-0.2, -0.15) is 0 Å². The molecule has 0 saturated heterocycles. The normalized spacial score (nSPS) is 10.5. The third-order valence-electron chi connectivity index (χ3n) is 2.17. The van der Waals surface area contributed by atoms with Crippen LogP contribution in [0.2, 0.25) is 10.2 Å². The van der Waals surface area contributed by atoms with E-state index in [1.165, 1.54) is 20.5 Å². The van der Waals surface area contributed by atoms with Crippen LogP contribution in [0.1, 0.15) is 0 Å². The van der Waals surface area contributed by atoms with Crippen molar-refractivity contribution in [3.05, 3.63) is 22.6 Å². The number of fused-ring (bicyclic) bond motifs is 1. The summed E-state index contributed by atoms with van der Waals surface area (Å²) in [4.78, 5) is 7.97. The van der Waals surface area contributed by atoms with Gasteiger partial charge in [-0.1, -0.05) is 23.2 Å². The van der Waals surface area contributed by atoms with Crippen molar-refractivity contribution in [2.45, 2.75) is 0 Å². The summed E-state index contributed by atoms with van der Waals surface area (Å²) < 4.78 is 10.3. The van der Waals surface area contributed by atoms with Crippen LogP contribution in [0.15, 0.2) is 12.4 Å². The largest absolute Gasteiger partial charge is 0.495 e. The molecule has 1 heterocycles. The summed E-state index contributed by atoms with van der Waals surface area (Å²) in [6.45, 7) is 0. The molecule has 84 valence electrons. The van der Waals surface area contributed by atoms with E-state index in [0.717, 1.165) is 0 Å². The molecule has 1 aromatic heterocycles. The molecule has 16 heavy (non-hydrogen) atoms. The van der Waals surface area contributed by atoms with Crippen molar-refractivity contribution in [1.82, 2.24) is 9.97 Å². The van der Waals surface area contributed by atoms with Gasteiger partial charge in [-0.05, 0) is 0 Å². The number of aromatic nitrogens is 2. The van der Waals surface area contributed by atoms with Gasteiger partial charge in [0.15, 0.2) is 0 Å². The van der Waals surface area contributed by atoms with Gasteiger partial charge in [0.25, 0.3) is 0 Å². The van der Waals surface area contributed by atoms with Crippen molar-refractivity contribution < 1.29 is 9.47 Å². The Kier molecular flexibility index (Phi) is 3.03. The molecule has 0 bridgehead atoms. The average molecular weight is 259 g/mol. The van der Waals surface area contributed by atoms with E-state index in [0.29, 0.717) is 27.4 Å². The van der Waals surface area contributed by atoms with Crippen molar-refractivity contribution in [2.24, 2.45) is 0 Å². The highest BCUT2D eigenvalue weighted by Crippen LogP contribution is 2.40. The van der Waals surface area contributed by atoms with E-state index in [9.17, 15) is 0 Å². The molecule has 0 aliphatic heterocycles. The molecule has 1 aromatic carbocycles. The molecule has 0 aliphatic rings. The second kappa shape index (κ2) is 4.31. The van der Waals surface area contributed by atoms with Crippen LogP contribution in [-0.2, 0) is 0 Å². The maximum Gasteiger partial charge on any atom is 0.149 e. The highest BCUT2D eigenvalue weighted by atomic mass is 35.5. The Morgan fingerprint density at radius 3 is 2.38 bits per heavy atom. The summed E-state index contributed by atoms with van der Waals surface area (Å²) in [5.74, 6) is 1.02. The predicted octanol–water partition coefficient (Wildman–Crippen LogP) is 2.95. The minimum absolute atomic E-state index is 0.271. The fraction of sp³-hybridized carbons (Fsp3) is 0.200. The van der Waals surface area contributed by atoms with E-state index in [1.807, 2.05) is 0 Å². The number of nitrogens with zero attached hydrogens (tertiary/aromatic N) is 2. The lowest BCUT2D eigenvalue weighted by Gasteiger charge is -2.10. The monoisotopic (exact) mass is 258 g/mol. The standard InChI is InChI=1S/C10H8Cl2N2O2/c1-15-5-3-6(16-2)9-7(8(5)11)10(12)14-4-13-9/h3-4H,1-2H3. The van der Waals surface area contributed by atoms with Crippen LogP contribution in [0.25, 0.3) is 10.9 Å². The first-order valence-corrected chi connectivity index (χ1v) is 5.15. The second-order valence-corrected chi connectivity index (χ2v) is 3.72. The third kappa shape index (κ3) is 1.64. The van der Waals surface area contributed by atoms with E-state index < -0.39 is 0 Å². The lowest BCUT2D eigenvalue weighted by molar-refractivity contribution is 0.397. The molecule has 0 spiro atoms. The predicted molar refractivity (Wildman–Crippen MR) is 62.7 cm³/mol. The molecule has 0 radical (unpaired) electrons. The summed E-state index contributed by atoms with van der Waals surface area (Å²) in [5, 5.41) is 1.18. The number of hydrogen-bond acceptors (Lipinski definition) is 4. The van der Waals surface area contributed by atoms with Gasteiger partial charge < -0.3 is 9.47 Å². The van der Waals surface area contributed by atoms with E-state index in [1.54, 1.807) is 6.07 Å². The summed E-state index contributed by atoms with van der Waals surface area (Å²) in [7, 11) is 3.06. The molecule has 2 aromatic rings. The molecular weight excluding hydrogens is 251 g/mol. The summed E-state index contributed by atoms with van der Waals surface area (Å²) in [6, 6.07) is 1.66. The molecule has 6 heteroatoms. The highest BCUT2D eigenvalue weighted by Gasteiger charge is 2.15. The minimum Gasteiger partial charge on any atom is -0.495 e. The minimum atomic E-state index is 0.271. The summed E-state index contributed by atoms with van der Waals surface area (Å²) in [5.41, 5.74) is 0.563. The fourth-order valence-electron chi connectivity index (χ4n) is 1.42. The first-order valence-electron chi connectivity index (χ1n) is 4.39. The molecule has 2 rings (SSSR count). The van der Waals surface area contributed by atoms with Crippen molar-refractivity contribution >= 4 is 34.1 Å². The Morgan fingerprint density at radius 2 is 1.75 bits per heavy atom. The maximum atomic E-state index is 6.13. The van der Waals surface area contributed by atoms with Crippen molar-refractivity contribution in [2.75, 3.05) is 14.2 Å². The number of hydrogen-bond donors (Lipinski definition) is 0. The summed E-state index contributed by atoms with van der Waals surface area (Å²) >= 11 is 12.1. The maximum absolute atomic E-state index is 6.13. The van der Waals surface area contributed by atoms with Crippen LogP contribution in [0, 0.1) is 0 Å². The highest BCUT2D eigenvalue weighted by molar-refractivity contribution is 6.42. The zero-order chi connectivity index (χ0) is 11.7. The Bertz CT molecular complexity index is 546. The zero-order valence-corrected chi connectivity index (χ0v) is 10.1. The Hall–Kier alpha value is -1.26. The molecule has 0 fully saturated rings. The first kappa shape index (κ1) is 11.2. The van der Waals surface area contributed by atoms with Crippen molar-refractivity contribution in [1.29, 1.82) is 0 Å². The van der Waals surface area contributed by atoms with Crippen molar-refractivity contribution in [3.8, 4) is 11.5 Å². The molecule has 0 aliphatic carbocycles. The third-order valence-corrected chi connectivity index (χ3v) is 2.83. The van der Waals surface area contributed by atoms with E-state index >= 15 is 0 Å². The average Bonchev–Trinajstić information content (AvgIpc) is 2.30. The van der Waals surface area contributed by atoms with Gasteiger partial charge >= 0.3 is 0 Å². The van der Waals surface area contributed by atoms with Gasteiger partial charge in [0.2, 0.25) is 0 Å². The van der Waals surface area contributed by atoms with Crippen LogP contribution >= 0.6 is 23.2 Å². The lowest BCUT2D eigenvalue weighted by Crippen LogP contribution is -1.94.